The third-order valence-electron chi connectivity index (χ3n) is 5.22. The van der Waals surface area contributed by atoms with Crippen molar-refractivity contribution >= 4 is 28.1 Å². The first-order chi connectivity index (χ1) is 16.0. The quantitative estimate of drug-likeness (QED) is 0.326. The van der Waals surface area contributed by atoms with Crippen molar-refractivity contribution in [2.75, 3.05) is 25.6 Å². The third-order valence-corrected chi connectivity index (χ3v) is 6.35. The van der Waals surface area contributed by atoms with E-state index in [9.17, 15) is 4.79 Å². The molecule has 33 heavy (non-hydrogen) atoms. The minimum Gasteiger partial charge on any atom is -0.497 e. The first kappa shape index (κ1) is 22.7. The number of carbonyl (C=O) groups excluding carboxylic acids is 1. The number of hydrogen-bond acceptors (Lipinski definition) is 7. The fourth-order valence-corrected chi connectivity index (χ4v) is 4.62. The molecule has 0 unspecified atom stereocenters. The van der Waals surface area contributed by atoms with Crippen molar-refractivity contribution in [1.82, 2.24) is 9.38 Å². The van der Waals surface area contributed by atoms with Crippen LogP contribution in [-0.2, 0) is 11.3 Å². The van der Waals surface area contributed by atoms with Crippen LogP contribution in [0.25, 0.3) is 16.2 Å². The Balaban J connectivity index is 1.74. The van der Waals surface area contributed by atoms with E-state index in [0.29, 0.717) is 24.6 Å². The lowest BCUT2D eigenvalue weighted by molar-refractivity contribution is 0.0531. The summed E-state index contributed by atoms with van der Waals surface area (Å²) in [4.78, 5) is 18.6. The molecule has 4 aromatic rings. The maximum absolute atomic E-state index is 12.4. The van der Waals surface area contributed by atoms with Crippen LogP contribution in [0.1, 0.15) is 34.8 Å². The molecule has 0 radical (unpaired) electrons. The first-order valence-electron chi connectivity index (χ1n) is 10.8. The van der Waals surface area contributed by atoms with Gasteiger partial charge < -0.3 is 19.5 Å². The lowest BCUT2D eigenvalue weighted by Gasteiger charge is -2.11. The van der Waals surface area contributed by atoms with Gasteiger partial charge in [0.15, 0.2) is 4.96 Å². The SMILES string of the molecule is CCOC(=O)c1sc2nc(-c3ccc(OCC)cc3)c(NCc3ccc(OC)cc3)n2c1C. The van der Waals surface area contributed by atoms with Crippen LogP contribution in [0, 0.1) is 6.92 Å². The number of fused-ring (bicyclic) bond motifs is 1. The minimum absolute atomic E-state index is 0.325. The largest absolute Gasteiger partial charge is 0.497 e. The number of benzene rings is 2. The van der Waals surface area contributed by atoms with Gasteiger partial charge in [-0.1, -0.05) is 23.5 Å². The molecule has 0 saturated heterocycles. The fraction of sp³-hybridized carbons (Fsp3) is 0.280. The van der Waals surface area contributed by atoms with E-state index in [-0.39, 0.29) is 5.97 Å². The van der Waals surface area contributed by atoms with Crippen LogP contribution < -0.4 is 14.8 Å². The van der Waals surface area contributed by atoms with Gasteiger partial charge >= 0.3 is 5.97 Å². The van der Waals surface area contributed by atoms with E-state index in [4.69, 9.17) is 19.2 Å². The molecule has 2 heterocycles. The molecule has 0 aliphatic carbocycles. The molecule has 0 aliphatic rings. The second-order valence-corrected chi connectivity index (χ2v) is 8.30. The van der Waals surface area contributed by atoms with Gasteiger partial charge in [-0.15, -0.1) is 0 Å². The van der Waals surface area contributed by atoms with Crippen LogP contribution in [0.2, 0.25) is 0 Å². The van der Waals surface area contributed by atoms with Gasteiger partial charge in [0.2, 0.25) is 0 Å². The molecule has 8 heteroatoms. The van der Waals surface area contributed by atoms with Crippen LogP contribution in [-0.4, -0.2) is 35.7 Å². The van der Waals surface area contributed by atoms with E-state index >= 15 is 0 Å². The Morgan fingerprint density at radius 3 is 2.36 bits per heavy atom. The van der Waals surface area contributed by atoms with E-state index in [0.717, 1.165) is 44.8 Å². The number of anilines is 1. The number of ether oxygens (including phenoxy) is 3. The van der Waals surface area contributed by atoms with Gasteiger partial charge in [0, 0.05) is 17.8 Å². The summed E-state index contributed by atoms with van der Waals surface area (Å²) in [5.74, 6) is 2.13. The number of rotatable bonds is 9. The molecule has 0 spiro atoms. The van der Waals surface area contributed by atoms with Crippen LogP contribution >= 0.6 is 11.3 Å². The molecule has 1 N–H and O–H groups in total. The highest BCUT2D eigenvalue weighted by atomic mass is 32.1. The number of esters is 1. The number of thiazole rings is 1. The Labute approximate surface area is 196 Å². The van der Waals surface area contributed by atoms with E-state index < -0.39 is 0 Å². The van der Waals surface area contributed by atoms with Gasteiger partial charge in [0.1, 0.15) is 27.9 Å². The minimum atomic E-state index is -0.325. The van der Waals surface area contributed by atoms with Gasteiger partial charge in [-0.25, -0.2) is 9.78 Å². The predicted octanol–water partition coefficient (Wildman–Crippen LogP) is 5.57. The van der Waals surface area contributed by atoms with Crippen molar-refractivity contribution in [1.29, 1.82) is 0 Å². The number of imidazole rings is 1. The molecule has 0 aliphatic heterocycles. The monoisotopic (exact) mass is 465 g/mol. The zero-order valence-corrected chi connectivity index (χ0v) is 20.0. The third kappa shape index (κ3) is 4.66. The first-order valence-corrected chi connectivity index (χ1v) is 11.7. The van der Waals surface area contributed by atoms with Crippen LogP contribution in [0.4, 0.5) is 5.82 Å². The van der Waals surface area contributed by atoms with Gasteiger partial charge in [-0.3, -0.25) is 4.40 Å². The Morgan fingerprint density at radius 1 is 1.03 bits per heavy atom. The van der Waals surface area contributed by atoms with Gasteiger partial charge in [0.05, 0.1) is 20.3 Å². The maximum Gasteiger partial charge on any atom is 0.350 e. The average molecular weight is 466 g/mol. The second kappa shape index (κ2) is 9.95. The number of nitrogens with one attached hydrogen (secondary N) is 1. The standard InChI is InChI=1S/C25H27N3O4S/c1-5-31-20-13-9-18(10-14-20)21-23(26-15-17-7-11-19(30-4)12-8-17)28-16(3)22(24(29)32-6-2)33-25(28)27-21/h7-14,26H,5-6,15H2,1-4H3. The van der Waals surface area contributed by atoms with E-state index in [1.807, 2.05) is 66.8 Å². The lowest BCUT2D eigenvalue weighted by Crippen LogP contribution is -2.07. The average Bonchev–Trinajstić information content (AvgIpc) is 3.35. The van der Waals surface area contributed by atoms with Crippen molar-refractivity contribution in [2.45, 2.75) is 27.3 Å². The van der Waals surface area contributed by atoms with Crippen LogP contribution in [0.15, 0.2) is 48.5 Å². The smallest absolute Gasteiger partial charge is 0.350 e. The van der Waals surface area contributed by atoms with Crippen molar-refractivity contribution in [3.63, 3.8) is 0 Å². The molecule has 172 valence electrons. The normalized spacial score (nSPS) is 10.9. The molecule has 2 aromatic carbocycles. The second-order valence-electron chi connectivity index (χ2n) is 7.32. The summed E-state index contributed by atoms with van der Waals surface area (Å²) in [6.07, 6.45) is 0. The number of carbonyl (C=O) groups is 1. The zero-order chi connectivity index (χ0) is 23.4. The Morgan fingerprint density at radius 2 is 1.73 bits per heavy atom. The zero-order valence-electron chi connectivity index (χ0n) is 19.2. The molecule has 0 amide bonds. The number of hydrogen-bond donors (Lipinski definition) is 1. The molecule has 0 atom stereocenters. The molecule has 4 rings (SSSR count). The highest BCUT2D eigenvalue weighted by Gasteiger charge is 2.23. The summed E-state index contributed by atoms with van der Waals surface area (Å²) in [6.45, 7) is 7.21. The summed E-state index contributed by atoms with van der Waals surface area (Å²) >= 11 is 1.34. The van der Waals surface area contributed by atoms with Gasteiger partial charge in [-0.2, -0.15) is 0 Å². The highest BCUT2D eigenvalue weighted by molar-refractivity contribution is 7.19. The molecular weight excluding hydrogens is 438 g/mol. The molecule has 0 fully saturated rings. The van der Waals surface area contributed by atoms with Crippen molar-refractivity contribution in [3.05, 3.63) is 64.7 Å². The van der Waals surface area contributed by atoms with Gasteiger partial charge in [0.25, 0.3) is 0 Å². The Bertz CT molecular complexity index is 1240. The van der Waals surface area contributed by atoms with Crippen molar-refractivity contribution in [2.24, 2.45) is 0 Å². The maximum atomic E-state index is 12.4. The van der Waals surface area contributed by atoms with Crippen molar-refractivity contribution in [3.8, 4) is 22.8 Å². The molecule has 2 aromatic heterocycles. The molecular formula is C25H27N3O4S. The summed E-state index contributed by atoms with van der Waals surface area (Å²) < 4.78 is 18.1. The van der Waals surface area contributed by atoms with E-state index in [1.54, 1.807) is 14.0 Å². The number of aryl methyl sites for hydroxylation is 1. The number of methoxy groups -OCH3 is 1. The molecule has 0 saturated carbocycles. The summed E-state index contributed by atoms with van der Waals surface area (Å²) in [5, 5.41) is 3.54. The van der Waals surface area contributed by atoms with Crippen LogP contribution in [0.3, 0.4) is 0 Å². The molecule has 0 bridgehead atoms. The number of nitrogens with zero attached hydrogens (tertiary/aromatic N) is 2. The van der Waals surface area contributed by atoms with Gasteiger partial charge in [-0.05, 0) is 62.7 Å². The van der Waals surface area contributed by atoms with E-state index in [2.05, 4.69) is 5.32 Å². The number of aromatic nitrogens is 2. The van der Waals surface area contributed by atoms with Crippen molar-refractivity contribution < 1.29 is 19.0 Å². The topological polar surface area (TPSA) is 74.1 Å². The van der Waals surface area contributed by atoms with Crippen LogP contribution in [0.5, 0.6) is 11.5 Å². The fourth-order valence-electron chi connectivity index (χ4n) is 3.60. The molecule has 7 nitrogen and oxygen atoms in total. The van der Waals surface area contributed by atoms with E-state index in [1.165, 1.54) is 11.3 Å². The summed E-state index contributed by atoms with van der Waals surface area (Å²) in [7, 11) is 1.65. The lowest BCUT2D eigenvalue weighted by atomic mass is 10.1. The predicted molar refractivity (Wildman–Crippen MR) is 131 cm³/mol. The Kier molecular flexibility index (Phi) is 6.84. The summed E-state index contributed by atoms with van der Waals surface area (Å²) in [5.41, 5.74) is 3.68. The highest BCUT2D eigenvalue weighted by Crippen LogP contribution is 2.35. The Hall–Kier alpha value is -3.52. The summed E-state index contributed by atoms with van der Waals surface area (Å²) in [6, 6.07) is 15.8.